The van der Waals surface area contributed by atoms with Crippen molar-refractivity contribution >= 4 is 5.82 Å². The fourth-order valence-electron chi connectivity index (χ4n) is 3.26. The molecular weight excluding hydrogens is 270 g/mol. The molecule has 0 saturated carbocycles. The lowest BCUT2D eigenvalue weighted by Gasteiger charge is -2.29. The number of rotatable bonds is 5. The molecule has 3 nitrogen and oxygen atoms in total. The average Bonchev–Trinajstić information content (AvgIpc) is 2.61. The number of aromatic amines is 1. The standard InChI is InChI=1S/C19H25N3/c1-17(18-7-3-2-4-8-18)10-12-21-13-15-22(16-14-21)19-9-5-6-11-20-19/h2-9,11,17H,10,12-16H2,1H3/p+2/t17-/m1/s1. The molecule has 0 bridgehead atoms. The fraction of sp³-hybridized carbons (Fsp3) is 0.421. The van der Waals surface area contributed by atoms with Crippen molar-refractivity contribution < 1.29 is 9.88 Å². The van der Waals surface area contributed by atoms with Crippen LogP contribution < -0.4 is 14.8 Å². The first-order chi connectivity index (χ1) is 10.8. The van der Waals surface area contributed by atoms with Crippen LogP contribution in [0.5, 0.6) is 0 Å². The number of quaternary nitrogens is 1. The van der Waals surface area contributed by atoms with Crippen LogP contribution >= 0.6 is 0 Å². The van der Waals surface area contributed by atoms with E-state index in [2.05, 4.69) is 59.3 Å². The number of nitrogens with zero attached hydrogens (tertiary/aromatic N) is 1. The highest BCUT2D eigenvalue weighted by molar-refractivity contribution is 5.31. The normalized spacial score (nSPS) is 17.4. The van der Waals surface area contributed by atoms with E-state index in [0.717, 1.165) is 13.1 Å². The summed E-state index contributed by atoms with van der Waals surface area (Å²) in [7, 11) is 0. The van der Waals surface area contributed by atoms with Crippen molar-refractivity contribution in [3.63, 3.8) is 0 Å². The van der Waals surface area contributed by atoms with Crippen LogP contribution in [0.1, 0.15) is 24.8 Å². The highest BCUT2D eigenvalue weighted by atomic mass is 15.3. The first kappa shape index (κ1) is 15.0. The number of piperazine rings is 1. The van der Waals surface area contributed by atoms with Crippen molar-refractivity contribution in [3.8, 4) is 0 Å². The third-order valence-electron chi connectivity index (χ3n) is 4.80. The molecule has 0 unspecified atom stereocenters. The van der Waals surface area contributed by atoms with Gasteiger partial charge in [-0.15, -0.1) is 0 Å². The number of hydrogen-bond acceptors (Lipinski definition) is 1. The number of hydrogen-bond donors (Lipinski definition) is 1. The minimum absolute atomic E-state index is 0.661. The topological polar surface area (TPSA) is 21.8 Å². The number of pyridine rings is 1. The Bertz CT molecular complexity index is 547. The SMILES string of the molecule is C[C@H](CC[NH+]1CCN(c2cccc[nH+]2)CC1)c1ccccc1. The van der Waals surface area contributed by atoms with Crippen LogP contribution in [0, 0.1) is 0 Å². The highest BCUT2D eigenvalue weighted by Crippen LogP contribution is 2.17. The van der Waals surface area contributed by atoms with E-state index in [-0.39, 0.29) is 0 Å². The van der Waals surface area contributed by atoms with Crippen molar-refractivity contribution in [2.45, 2.75) is 19.3 Å². The van der Waals surface area contributed by atoms with Crippen molar-refractivity contribution in [1.29, 1.82) is 0 Å². The third kappa shape index (κ3) is 3.86. The van der Waals surface area contributed by atoms with E-state index < -0.39 is 0 Å². The number of H-pyrrole nitrogens is 1. The minimum Gasteiger partial charge on any atom is -0.328 e. The molecule has 0 amide bonds. The molecule has 1 aromatic carbocycles. The Kier molecular flexibility index (Phi) is 5.07. The molecule has 2 aromatic rings. The van der Waals surface area contributed by atoms with E-state index in [0.29, 0.717) is 5.92 Å². The minimum atomic E-state index is 0.661. The van der Waals surface area contributed by atoms with Crippen LogP contribution in [0.3, 0.4) is 0 Å². The van der Waals surface area contributed by atoms with Gasteiger partial charge in [0.25, 0.3) is 5.82 Å². The predicted octanol–water partition coefficient (Wildman–Crippen LogP) is 1.40. The van der Waals surface area contributed by atoms with E-state index >= 15 is 0 Å². The molecule has 22 heavy (non-hydrogen) atoms. The molecule has 3 heteroatoms. The van der Waals surface area contributed by atoms with E-state index in [1.807, 2.05) is 12.3 Å². The molecule has 1 fully saturated rings. The summed E-state index contributed by atoms with van der Waals surface area (Å²) in [5.41, 5.74) is 1.47. The molecule has 0 radical (unpaired) electrons. The molecule has 3 rings (SSSR count). The largest absolute Gasteiger partial charge is 0.328 e. The van der Waals surface area contributed by atoms with Crippen LogP contribution in [0.15, 0.2) is 54.7 Å². The molecule has 0 aliphatic carbocycles. The third-order valence-corrected chi connectivity index (χ3v) is 4.80. The van der Waals surface area contributed by atoms with Gasteiger partial charge in [0.2, 0.25) is 0 Å². The summed E-state index contributed by atoms with van der Waals surface area (Å²) in [4.78, 5) is 7.55. The summed E-state index contributed by atoms with van der Waals surface area (Å²) >= 11 is 0. The quantitative estimate of drug-likeness (QED) is 0.885. The number of benzene rings is 1. The second kappa shape index (κ2) is 7.41. The zero-order valence-electron chi connectivity index (χ0n) is 13.5. The molecule has 116 valence electrons. The van der Waals surface area contributed by atoms with Crippen LogP contribution in [0.2, 0.25) is 0 Å². The van der Waals surface area contributed by atoms with Gasteiger partial charge in [-0.3, -0.25) is 4.90 Å². The number of nitrogens with one attached hydrogen (secondary N) is 2. The fourth-order valence-corrected chi connectivity index (χ4v) is 3.26. The van der Waals surface area contributed by atoms with Crippen LogP contribution in [-0.4, -0.2) is 32.7 Å². The van der Waals surface area contributed by atoms with E-state index in [1.54, 1.807) is 4.90 Å². The van der Waals surface area contributed by atoms with Gasteiger partial charge in [0.05, 0.1) is 12.7 Å². The molecule has 2 heterocycles. The zero-order chi connectivity index (χ0) is 15.2. The van der Waals surface area contributed by atoms with Crippen molar-refractivity contribution in [1.82, 2.24) is 0 Å². The lowest BCUT2D eigenvalue weighted by Crippen LogP contribution is -3.15. The Morgan fingerprint density at radius 2 is 1.77 bits per heavy atom. The summed E-state index contributed by atoms with van der Waals surface area (Å²) in [6, 6.07) is 17.2. The highest BCUT2D eigenvalue weighted by Gasteiger charge is 2.25. The van der Waals surface area contributed by atoms with Gasteiger partial charge in [0.15, 0.2) is 0 Å². The molecule has 1 atom stereocenters. The summed E-state index contributed by atoms with van der Waals surface area (Å²) in [5, 5.41) is 0. The summed E-state index contributed by atoms with van der Waals surface area (Å²) in [6.07, 6.45) is 3.28. The molecule has 0 spiro atoms. The van der Waals surface area contributed by atoms with Crippen LogP contribution in [0.25, 0.3) is 0 Å². The Labute approximate surface area is 133 Å². The van der Waals surface area contributed by atoms with E-state index in [1.165, 1.54) is 37.4 Å². The Balaban J connectivity index is 1.44. The van der Waals surface area contributed by atoms with Gasteiger partial charge in [-0.25, -0.2) is 4.98 Å². The monoisotopic (exact) mass is 297 g/mol. The maximum Gasteiger partial charge on any atom is 0.274 e. The Hall–Kier alpha value is -1.87. The molecule has 1 aliphatic rings. The predicted molar refractivity (Wildman–Crippen MR) is 90.2 cm³/mol. The summed E-state index contributed by atoms with van der Waals surface area (Å²) in [6.45, 7) is 8.41. The summed E-state index contributed by atoms with van der Waals surface area (Å²) in [5.74, 6) is 1.91. The maximum absolute atomic E-state index is 3.34. The molecule has 1 aromatic heterocycles. The van der Waals surface area contributed by atoms with E-state index in [9.17, 15) is 0 Å². The van der Waals surface area contributed by atoms with Gasteiger partial charge >= 0.3 is 0 Å². The van der Waals surface area contributed by atoms with Gasteiger partial charge in [0.1, 0.15) is 26.2 Å². The van der Waals surface area contributed by atoms with Crippen molar-refractivity contribution in [3.05, 3.63) is 60.3 Å². The summed E-state index contributed by atoms with van der Waals surface area (Å²) < 4.78 is 0. The van der Waals surface area contributed by atoms with Gasteiger partial charge in [-0.1, -0.05) is 43.3 Å². The van der Waals surface area contributed by atoms with E-state index in [4.69, 9.17) is 0 Å². The van der Waals surface area contributed by atoms with Crippen molar-refractivity contribution in [2.24, 2.45) is 0 Å². The molecule has 1 aliphatic heterocycles. The van der Waals surface area contributed by atoms with Gasteiger partial charge in [-0.2, -0.15) is 0 Å². The second-order valence-corrected chi connectivity index (χ2v) is 6.34. The lowest BCUT2D eigenvalue weighted by atomic mass is 9.97. The van der Waals surface area contributed by atoms with Crippen molar-refractivity contribution in [2.75, 3.05) is 37.6 Å². The zero-order valence-corrected chi connectivity index (χ0v) is 13.5. The number of anilines is 1. The smallest absolute Gasteiger partial charge is 0.274 e. The van der Waals surface area contributed by atoms with Crippen LogP contribution in [0.4, 0.5) is 5.82 Å². The average molecular weight is 297 g/mol. The first-order valence-corrected chi connectivity index (χ1v) is 8.43. The van der Waals surface area contributed by atoms with Gasteiger partial charge in [0, 0.05) is 12.5 Å². The molecular formula is C19H27N3+2. The lowest BCUT2D eigenvalue weighted by molar-refractivity contribution is -0.901. The molecule has 1 saturated heterocycles. The second-order valence-electron chi connectivity index (χ2n) is 6.34. The maximum atomic E-state index is 3.34. The Morgan fingerprint density at radius 3 is 2.45 bits per heavy atom. The first-order valence-electron chi connectivity index (χ1n) is 8.43. The van der Waals surface area contributed by atoms with Gasteiger partial charge in [-0.05, 0) is 17.5 Å². The molecule has 2 N–H and O–H groups in total. The number of aromatic nitrogens is 1. The Morgan fingerprint density at radius 1 is 1.05 bits per heavy atom. The van der Waals surface area contributed by atoms with Gasteiger partial charge < -0.3 is 4.90 Å². The van der Waals surface area contributed by atoms with Crippen LogP contribution in [-0.2, 0) is 0 Å².